The lowest BCUT2D eigenvalue weighted by atomic mass is 10.3. The van der Waals surface area contributed by atoms with Gasteiger partial charge in [-0.1, -0.05) is 0 Å². The van der Waals surface area contributed by atoms with E-state index in [1.807, 2.05) is 4.90 Å². The van der Waals surface area contributed by atoms with Gasteiger partial charge in [0, 0.05) is 26.2 Å². The van der Waals surface area contributed by atoms with Crippen LogP contribution in [0, 0.1) is 0 Å². The van der Waals surface area contributed by atoms with Crippen LogP contribution >= 0.6 is 0 Å². The molecule has 1 aromatic rings. The molecule has 16 heavy (non-hydrogen) atoms. The van der Waals surface area contributed by atoms with Crippen molar-refractivity contribution in [2.24, 2.45) is 0 Å². The molecule has 3 N–H and O–H groups in total. The summed E-state index contributed by atoms with van der Waals surface area (Å²) in [5.41, 5.74) is 5.44. The van der Waals surface area contributed by atoms with Gasteiger partial charge in [0.15, 0.2) is 5.82 Å². The molecule has 7 heteroatoms. The Kier molecular flexibility index (Phi) is 2.76. The van der Waals surface area contributed by atoms with E-state index in [1.165, 1.54) is 4.90 Å². The minimum absolute atomic E-state index is 0.382. The third-order valence-corrected chi connectivity index (χ3v) is 2.55. The number of hydrogen-bond acceptors (Lipinski definition) is 5. The SMILES string of the molecule is Nc1ccc(N2CCN(C(=O)O)CC2)nn1. The topological polar surface area (TPSA) is 95.6 Å². The number of rotatable bonds is 1. The van der Waals surface area contributed by atoms with Crippen molar-refractivity contribution in [3.63, 3.8) is 0 Å². The minimum atomic E-state index is -0.872. The monoisotopic (exact) mass is 223 g/mol. The van der Waals surface area contributed by atoms with Gasteiger partial charge in [-0.2, -0.15) is 0 Å². The van der Waals surface area contributed by atoms with Gasteiger partial charge in [0.1, 0.15) is 5.82 Å². The highest BCUT2D eigenvalue weighted by molar-refractivity contribution is 5.65. The lowest BCUT2D eigenvalue weighted by Crippen LogP contribution is -2.48. The molecule has 2 heterocycles. The molecule has 2 rings (SSSR count). The van der Waals surface area contributed by atoms with Crippen molar-refractivity contribution in [2.75, 3.05) is 36.8 Å². The summed E-state index contributed by atoms with van der Waals surface area (Å²) in [6.45, 7) is 2.23. The van der Waals surface area contributed by atoms with Crippen LogP contribution in [0.15, 0.2) is 12.1 Å². The first-order chi connectivity index (χ1) is 7.66. The molecule has 0 saturated carbocycles. The van der Waals surface area contributed by atoms with E-state index in [4.69, 9.17) is 10.8 Å². The van der Waals surface area contributed by atoms with Crippen molar-refractivity contribution in [3.05, 3.63) is 12.1 Å². The maximum absolute atomic E-state index is 10.7. The number of anilines is 2. The first kappa shape index (κ1) is 10.5. The molecule has 0 spiro atoms. The van der Waals surface area contributed by atoms with Crippen molar-refractivity contribution in [2.45, 2.75) is 0 Å². The van der Waals surface area contributed by atoms with Crippen molar-refractivity contribution in [3.8, 4) is 0 Å². The minimum Gasteiger partial charge on any atom is -0.465 e. The highest BCUT2D eigenvalue weighted by atomic mass is 16.4. The highest BCUT2D eigenvalue weighted by Gasteiger charge is 2.21. The van der Waals surface area contributed by atoms with Gasteiger partial charge in [0.05, 0.1) is 0 Å². The lowest BCUT2D eigenvalue weighted by molar-refractivity contribution is 0.142. The zero-order chi connectivity index (χ0) is 11.5. The molecular weight excluding hydrogens is 210 g/mol. The summed E-state index contributed by atoms with van der Waals surface area (Å²) in [5.74, 6) is 1.12. The quantitative estimate of drug-likeness (QED) is 0.688. The number of carbonyl (C=O) groups is 1. The molecule has 1 fully saturated rings. The van der Waals surface area contributed by atoms with Crippen molar-refractivity contribution < 1.29 is 9.90 Å². The van der Waals surface area contributed by atoms with E-state index in [0.29, 0.717) is 32.0 Å². The number of hydrogen-bond donors (Lipinski definition) is 2. The van der Waals surface area contributed by atoms with Gasteiger partial charge >= 0.3 is 6.09 Å². The van der Waals surface area contributed by atoms with Crippen LogP contribution in [-0.4, -0.2) is 52.5 Å². The molecule has 0 aromatic carbocycles. The van der Waals surface area contributed by atoms with Gasteiger partial charge in [-0.3, -0.25) is 0 Å². The number of aromatic nitrogens is 2. The standard InChI is InChI=1S/C9H13N5O2/c10-7-1-2-8(12-11-7)13-3-5-14(6-4-13)9(15)16/h1-2H,3-6H2,(H2,10,11)(H,15,16). The first-order valence-corrected chi connectivity index (χ1v) is 4.99. The predicted molar refractivity (Wildman–Crippen MR) is 58.3 cm³/mol. The van der Waals surface area contributed by atoms with Crippen LogP contribution in [-0.2, 0) is 0 Å². The lowest BCUT2D eigenvalue weighted by Gasteiger charge is -2.33. The van der Waals surface area contributed by atoms with E-state index < -0.39 is 6.09 Å². The van der Waals surface area contributed by atoms with E-state index in [-0.39, 0.29) is 0 Å². The number of nitrogen functional groups attached to an aromatic ring is 1. The third kappa shape index (κ3) is 2.13. The maximum atomic E-state index is 10.7. The van der Waals surface area contributed by atoms with E-state index in [0.717, 1.165) is 5.82 Å². The van der Waals surface area contributed by atoms with E-state index in [2.05, 4.69) is 10.2 Å². The maximum Gasteiger partial charge on any atom is 0.407 e. The predicted octanol–water partition coefficient (Wildman–Crippen LogP) is -0.141. The van der Waals surface area contributed by atoms with Crippen LogP contribution in [0.1, 0.15) is 0 Å². The van der Waals surface area contributed by atoms with Crippen molar-refractivity contribution >= 4 is 17.7 Å². The normalized spacial score (nSPS) is 16.2. The van der Waals surface area contributed by atoms with Crippen LogP contribution in [0.2, 0.25) is 0 Å². The van der Waals surface area contributed by atoms with Gasteiger partial charge in [-0.25, -0.2) is 4.79 Å². The fraction of sp³-hybridized carbons (Fsp3) is 0.444. The molecule has 86 valence electrons. The van der Waals surface area contributed by atoms with Gasteiger partial charge in [0.2, 0.25) is 0 Å². The number of nitrogens with zero attached hydrogens (tertiary/aromatic N) is 4. The second kappa shape index (κ2) is 4.21. The zero-order valence-corrected chi connectivity index (χ0v) is 8.70. The average molecular weight is 223 g/mol. The Hall–Kier alpha value is -2.05. The summed E-state index contributed by atoms with van der Waals surface area (Å²) >= 11 is 0. The van der Waals surface area contributed by atoms with Crippen LogP contribution in [0.3, 0.4) is 0 Å². The summed E-state index contributed by atoms with van der Waals surface area (Å²) in [6.07, 6.45) is -0.872. The van der Waals surface area contributed by atoms with Crippen LogP contribution in [0.5, 0.6) is 0 Å². The van der Waals surface area contributed by atoms with Crippen molar-refractivity contribution in [1.82, 2.24) is 15.1 Å². The Morgan fingerprint density at radius 3 is 2.44 bits per heavy atom. The van der Waals surface area contributed by atoms with Gasteiger partial charge in [0.25, 0.3) is 0 Å². The first-order valence-electron chi connectivity index (χ1n) is 4.99. The van der Waals surface area contributed by atoms with E-state index in [9.17, 15) is 4.79 Å². The number of amides is 1. The van der Waals surface area contributed by atoms with Gasteiger partial charge in [-0.15, -0.1) is 10.2 Å². The smallest absolute Gasteiger partial charge is 0.407 e. The zero-order valence-electron chi connectivity index (χ0n) is 8.70. The third-order valence-electron chi connectivity index (χ3n) is 2.55. The summed E-state index contributed by atoms with van der Waals surface area (Å²) in [7, 11) is 0. The molecule has 7 nitrogen and oxygen atoms in total. The molecule has 0 radical (unpaired) electrons. The Bertz CT molecular complexity index is 372. The Labute approximate surface area is 92.5 Å². The molecule has 0 aliphatic carbocycles. The molecule has 1 aromatic heterocycles. The molecule has 1 aliphatic rings. The molecule has 0 bridgehead atoms. The van der Waals surface area contributed by atoms with Crippen LogP contribution < -0.4 is 10.6 Å². The molecule has 1 amide bonds. The number of carboxylic acid groups (broad SMARTS) is 1. The Morgan fingerprint density at radius 1 is 1.25 bits per heavy atom. The van der Waals surface area contributed by atoms with Crippen LogP contribution in [0.4, 0.5) is 16.4 Å². The van der Waals surface area contributed by atoms with Crippen LogP contribution in [0.25, 0.3) is 0 Å². The van der Waals surface area contributed by atoms with E-state index >= 15 is 0 Å². The summed E-state index contributed by atoms with van der Waals surface area (Å²) < 4.78 is 0. The largest absolute Gasteiger partial charge is 0.465 e. The fourth-order valence-corrected chi connectivity index (χ4v) is 1.63. The summed E-state index contributed by atoms with van der Waals surface area (Å²) in [4.78, 5) is 14.1. The molecule has 1 aliphatic heterocycles. The van der Waals surface area contributed by atoms with Crippen molar-refractivity contribution in [1.29, 1.82) is 0 Å². The second-order valence-corrected chi connectivity index (χ2v) is 3.57. The summed E-state index contributed by atoms with van der Waals surface area (Å²) in [5, 5.41) is 16.5. The number of nitrogens with two attached hydrogens (primary N) is 1. The summed E-state index contributed by atoms with van der Waals surface area (Å²) in [6, 6.07) is 3.48. The van der Waals surface area contributed by atoms with E-state index in [1.54, 1.807) is 12.1 Å². The fourth-order valence-electron chi connectivity index (χ4n) is 1.63. The van der Waals surface area contributed by atoms with Gasteiger partial charge < -0.3 is 20.6 Å². The molecule has 1 saturated heterocycles. The molecule has 0 unspecified atom stereocenters. The molecular formula is C9H13N5O2. The average Bonchev–Trinajstić information content (AvgIpc) is 2.30. The highest BCUT2D eigenvalue weighted by Crippen LogP contribution is 2.13. The Morgan fingerprint density at radius 2 is 1.94 bits per heavy atom. The number of piperazine rings is 1. The van der Waals surface area contributed by atoms with Gasteiger partial charge in [-0.05, 0) is 12.1 Å². The Balaban J connectivity index is 1.99. The second-order valence-electron chi connectivity index (χ2n) is 3.57. The molecule has 0 atom stereocenters.